The first kappa shape index (κ1) is 13.1. The molecule has 2 aromatic rings. The number of rotatable bonds is 3. The lowest BCUT2D eigenvalue weighted by molar-refractivity contribution is -0.142. The van der Waals surface area contributed by atoms with Crippen molar-refractivity contribution in [3.05, 3.63) is 64.1 Å². The van der Waals surface area contributed by atoms with Gasteiger partial charge in [0.2, 0.25) is 0 Å². The highest BCUT2D eigenvalue weighted by Gasteiger charge is 2.09. The van der Waals surface area contributed by atoms with Crippen molar-refractivity contribution in [3.63, 3.8) is 0 Å². The Hall–Kier alpha value is -2.36. The van der Waals surface area contributed by atoms with E-state index in [-0.39, 0.29) is 12.2 Å². The van der Waals surface area contributed by atoms with Gasteiger partial charge in [-0.25, -0.2) is 0 Å². The zero-order valence-electron chi connectivity index (χ0n) is 10.9. The molecule has 1 heterocycles. The largest absolute Gasteiger partial charge is 0.461 e. The zero-order valence-corrected chi connectivity index (χ0v) is 10.9. The molecular formula is C15H15NO3. The summed E-state index contributed by atoms with van der Waals surface area (Å²) < 4.78 is 6.48. The van der Waals surface area contributed by atoms with Crippen molar-refractivity contribution in [1.29, 1.82) is 0 Å². The smallest absolute Gasteiger partial charge is 0.302 e. The topological polar surface area (TPSA) is 48.3 Å². The summed E-state index contributed by atoms with van der Waals surface area (Å²) in [5.74, 6) is -0.395. The quantitative estimate of drug-likeness (QED) is 0.792. The van der Waals surface area contributed by atoms with Crippen LogP contribution in [0.4, 0.5) is 0 Å². The van der Waals surface area contributed by atoms with E-state index in [1.807, 2.05) is 43.3 Å². The fraction of sp³-hybridized carbons (Fsp3) is 0.200. The molecule has 0 saturated heterocycles. The normalized spacial score (nSPS) is 10.2. The van der Waals surface area contributed by atoms with E-state index in [1.165, 1.54) is 6.92 Å². The van der Waals surface area contributed by atoms with E-state index in [1.54, 1.807) is 10.8 Å². The van der Waals surface area contributed by atoms with Crippen molar-refractivity contribution in [1.82, 2.24) is 4.57 Å². The fourth-order valence-electron chi connectivity index (χ4n) is 1.81. The Kier molecular flexibility index (Phi) is 3.80. The van der Waals surface area contributed by atoms with Gasteiger partial charge in [-0.15, -0.1) is 0 Å². The molecule has 0 amide bonds. The maximum atomic E-state index is 12.4. The molecule has 98 valence electrons. The summed E-state index contributed by atoms with van der Waals surface area (Å²) in [6.45, 7) is 3.16. The summed E-state index contributed by atoms with van der Waals surface area (Å²) in [5.41, 5.74) is 1.95. The molecule has 0 radical (unpaired) electrons. The zero-order chi connectivity index (χ0) is 13.8. The molecule has 0 N–H and O–H groups in total. The lowest BCUT2D eigenvalue weighted by Gasteiger charge is -2.10. The number of hydrogen-bond donors (Lipinski definition) is 0. The van der Waals surface area contributed by atoms with E-state index in [2.05, 4.69) is 0 Å². The second-order valence-corrected chi connectivity index (χ2v) is 4.27. The summed E-state index contributed by atoms with van der Waals surface area (Å²) >= 11 is 0. The van der Waals surface area contributed by atoms with Crippen molar-refractivity contribution >= 4 is 5.97 Å². The molecule has 0 saturated carbocycles. The van der Waals surface area contributed by atoms with Crippen LogP contribution in [0.3, 0.4) is 0 Å². The van der Waals surface area contributed by atoms with Gasteiger partial charge in [0, 0.05) is 18.8 Å². The van der Waals surface area contributed by atoms with Gasteiger partial charge in [-0.1, -0.05) is 18.2 Å². The number of aromatic nitrogens is 1. The van der Waals surface area contributed by atoms with E-state index >= 15 is 0 Å². The Labute approximate surface area is 111 Å². The van der Waals surface area contributed by atoms with E-state index in [0.717, 1.165) is 11.3 Å². The van der Waals surface area contributed by atoms with Gasteiger partial charge in [0.1, 0.15) is 6.61 Å². The van der Waals surface area contributed by atoms with Crippen molar-refractivity contribution in [2.24, 2.45) is 0 Å². The highest BCUT2D eigenvalue weighted by molar-refractivity contribution is 5.65. The maximum Gasteiger partial charge on any atom is 0.302 e. The van der Waals surface area contributed by atoms with Crippen LogP contribution >= 0.6 is 0 Å². The number of carbonyl (C=O) groups is 1. The van der Waals surface area contributed by atoms with Gasteiger partial charge in [0.05, 0.1) is 5.56 Å². The van der Waals surface area contributed by atoms with Gasteiger partial charge in [-0.3, -0.25) is 14.2 Å². The lowest BCUT2D eigenvalue weighted by atomic mass is 10.1. The van der Waals surface area contributed by atoms with Gasteiger partial charge in [0.15, 0.2) is 0 Å². The molecule has 0 unspecified atom stereocenters. The first-order chi connectivity index (χ1) is 9.09. The maximum absolute atomic E-state index is 12.4. The van der Waals surface area contributed by atoms with Crippen LogP contribution in [-0.4, -0.2) is 10.5 Å². The number of aryl methyl sites for hydroxylation is 1. The van der Waals surface area contributed by atoms with Gasteiger partial charge >= 0.3 is 5.97 Å². The predicted molar refractivity (Wildman–Crippen MR) is 72.2 cm³/mol. The third kappa shape index (κ3) is 2.91. The Bertz CT molecular complexity index is 644. The summed E-state index contributed by atoms with van der Waals surface area (Å²) in [6, 6.07) is 11.2. The third-order valence-corrected chi connectivity index (χ3v) is 2.88. The van der Waals surface area contributed by atoms with Crippen LogP contribution in [0.1, 0.15) is 18.1 Å². The SMILES string of the molecule is CC(=O)OCc1c(C)ccn(-c2ccccc2)c1=O. The molecular weight excluding hydrogens is 242 g/mol. The second-order valence-electron chi connectivity index (χ2n) is 4.27. The molecule has 0 fully saturated rings. The average molecular weight is 257 g/mol. The number of carbonyl (C=O) groups excluding carboxylic acids is 1. The number of nitrogens with zero attached hydrogens (tertiary/aromatic N) is 1. The molecule has 0 bridgehead atoms. The molecule has 19 heavy (non-hydrogen) atoms. The molecule has 1 aromatic heterocycles. The molecule has 1 aromatic carbocycles. The second kappa shape index (κ2) is 5.52. The molecule has 0 aliphatic rings. The Morgan fingerprint density at radius 1 is 1.21 bits per heavy atom. The van der Waals surface area contributed by atoms with Crippen molar-refractivity contribution in [2.45, 2.75) is 20.5 Å². The van der Waals surface area contributed by atoms with E-state index in [4.69, 9.17) is 4.74 Å². The highest BCUT2D eigenvalue weighted by atomic mass is 16.5. The third-order valence-electron chi connectivity index (χ3n) is 2.88. The van der Waals surface area contributed by atoms with Gasteiger partial charge in [-0.2, -0.15) is 0 Å². The van der Waals surface area contributed by atoms with Crippen LogP contribution in [0, 0.1) is 6.92 Å². The summed E-state index contributed by atoms with van der Waals surface area (Å²) in [5, 5.41) is 0. The van der Waals surface area contributed by atoms with Gasteiger partial charge in [-0.05, 0) is 30.7 Å². The van der Waals surface area contributed by atoms with Gasteiger partial charge in [0.25, 0.3) is 5.56 Å². The molecule has 0 atom stereocenters. The number of pyridine rings is 1. The monoisotopic (exact) mass is 257 g/mol. The molecule has 0 aliphatic carbocycles. The van der Waals surface area contributed by atoms with Crippen molar-refractivity contribution in [3.8, 4) is 5.69 Å². The first-order valence-electron chi connectivity index (χ1n) is 5.99. The minimum absolute atomic E-state index is 0.00761. The van der Waals surface area contributed by atoms with Crippen LogP contribution < -0.4 is 5.56 Å². The van der Waals surface area contributed by atoms with Crippen LogP contribution in [0.15, 0.2) is 47.4 Å². The highest BCUT2D eigenvalue weighted by Crippen LogP contribution is 2.08. The van der Waals surface area contributed by atoms with Crippen molar-refractivity contribution in [2.75, 3.05) is 0 Å². The average Bonchev–Trinajstić information content (AvgIpc) is 2.39. The van der Waals surface area contributed by atoms with Gasteiger partial charge < -0.3 is 4.74 Å². The van der Waals surface area contributed by atoms with E-state index in [0.29, 0.717) is 5.56 Å². The molecule has 4 nitrogen and oxygen atoms in total. The predicted octanol–water partition coefficient (Wildman–Crippen LogP) is 2.21. The fourth-order valence-corrected chi connectivity index (χ4v) is 1.81. The van der Waals surface area contributed by atoms with Crippen LogP contribution in [0.5, 0.6) is 0 Å². The number of para-hydroxylation sites is 1. The molecule has 4 heteroatoms. The molecule has 0 aliphatic heterocycles. The summed E-state index contributed by atoms with van der Waals surface area (Å²) in [6.07, 6.45) is 1.73. The minimum atomic E-state index is -0.395. The van der Waals surface area contributed by atoms with E-state index < -0.39 is 5.97 Å². The van der Waals surface area contributed by atoms with Crippen LogP contribution in [0.25, 0.3) is 5.69 Å². The molecule has 2 rings (SSSR count). The lowest BCUT2D eigenvalue weighted by Crippen LogP contribution is -2.24. The first-order valence-corrected chi connectivity index (χ1v) is 5.99. The Morgan fingerprint density at radius 3 is 2.53 bits per heavy atom. The summed E-state index contributed by atoms with van der Waals surface area (Å²) in [7, 11) is 0. The summed E-state index contributed by atoms with van der Waals surface area (Å²) in [4.78, 5) is 23.2. The van der Waals surface area contributed by atoms with Crippen LogP contribution in [0.2, 0.25) is 0 Å². The number of hydrogen-bond acceptors (Lipinski definition) is 3. The standard InChI is InChI=1S/C15H15NO3/c1-11-8-9-16(13-6-4-3-5-7-13)15(18)14(11)10-19-12(2)17/h3-9H,10H2,1-2H3. The Morgan fingerprint density at radius 2 is 1.89 bits per heavy atom. The number of benzene rings is 1. The van der Waals surface area contributed by atoms with Crippen molar-refractivity contribution < 1.29 is 9.53 Å². The van der Waals surface area contributed by atoms with E-state index in [9.17, 15) is 9.59 Å². The number of ether oxygens (including phenoxy) is 1. The number of esters is 1. The Balaban J connectivity index is 2.46. The van der Waals surface area contributed by atoms with Crippen LogP contribution in [-0.2, 0) is 16.1 Å². The molecule has 0 spiro atoms. The minimum Gasteiger partial charge on any atom is -0.461 e.